The van der Waals surface area contributed by atoms with Gasteiger partial charge in [0.1, 0.15) is 0 Å². The Labute approximate surface area is 117 Å². The van der Waals surface area contributed by atoms with Gasteiger partial charge in [0.15, 0.2) is 0 Å². The van der Waals surface area contributed by atoms with Gasteiger partial charge < -0.3 is 4.90 Å². The molecule has 0 bridgehead atoms. The van der Waals surface area contributed by atoms with Crippen LogP contribution in [0.15, 0.2) is 24.3 Å². The standard InChI is InChI=1S/C14H19N3O3/c1-13(2)9-16(12(18)14(3,4)15-13)10-5-7-11(8-6-10)17(19)20/h5-8,15H,9H2,1-4H3. The molecule has 0 unspecified atom stereocenters. The summed E-state index contributed by atoms with van der Waals surface area (Å²) in [6.45, 7) is 8.26. The first-order chi connectivity index (χ1) is 9.12. The number of benzene rings is 1. The highest BCUT2D eigenvalue weighted by atomic mass is 16.6. The third-order valence-electron chi connectivity index (χ3n) is 3.36. The highest BCUT2D eigenvalue weighted by molar-refractivity contribution is 6.00. The second kappa shape index (κ2) is 4.56. The van der Waals surface area contributed by atoms with Crippen LogP contribution < -0.4 is 10.2 Å². The maximum atomic E-state index is 12.5. The summed E-state index contributed by atoms with van der Waals surface area (Å²) in [7, 11) is 0. The average Bonchev–Trinajstić information content (AvgIpc) is 2.33. The van der Waals surface area contributed by atoms with E-state index in [2.05, 4.69) is 5.32 Å². The molecule has 1 fully saturated rings. The topological polar surface area (TPSA) is 75.5 Å². The minimum absolute atomic E-state index is 0.0230. The first kappa shape index (κ1) is 14.5. The molecule has 1 aliphatic rings. The van der Waals surface area contributed by atoms with Gasteiger partial charge in [-0.25, -0.2) is 0 Å². The van der Waals surface area contributed by atoms with Crippen LogP contribution in [0.5, 0.6) is 0 Å². The molecule has 1 aromatic rings. The molecule has 1 aromatic carbocycles. The lowest BCUT2D eigenvalue weighted by atomic mass is 9.90. The molecule has 1 amide bonds. The maximum absolute atomic E-state index is 12.5. The summed E-state index contributed by atoms with van der Waals surface area (Å²) >= 11 is 0. The van der Waals surface area contributed by atoms with E-state index in [0.29, 0.717) is 12.2 Å². The average molecular weight is 277 g/mol. The molecular weight excluding hydrogens is 258 g/mol. The Morgan fingerprint density at radius 3 is 2.25 bits per heavy atom. The maximum Gasteiger partial charge on any atom is 0.269 e. The number of carbonyl (C=O) groups is 1. The quantitative estimate of drug-likeness (QED) is 0.663. The molecule has 0 aliphatic carbocycles. The fourth-order valence-electron chi connectivity index (χ4n) is 2.71. The predicted molar refractivity (Wildman–Crippen MR) is 76.7 cm³/mol. The molecule has 0 atom stereocenters. The van der Waals surface area contributed by atoms with E-state index in [1.807, 2.05) is 27.7 Å². The lowest BCUT2D eigenvalue weighted by Gasteiger charge is -2.47. The summed E-state index contributed by atoms with van der Waals surface area (Å²) in [5.41, 5.74) is -0.180. The van der Waals surface area contributed by atoms with Gasteiger partial charge >= 0.3 is 0 Å². The van der Waals surface area contributed by atoms with Crippen molar-refractivity contribution in [3.63, 3.8) is 0 Å². The van der Waals surface area contributed by atoms with Crippen molar-refractivity contribution in [2.24, 2.45) is 0 Å². The van der Waals surface area contributed by atoms with Crippen molar-refractivity contribution in [1.29, 1.82) is 0 Å². The number of anilines is 1. The van der Waals surface area contributed by atoms with Gasteiger partial charge in [-0.1, -0.05) is 0 Å². The number of piperazine rings is 1. The summed E-state index contributed by atoms with van der Waals surface area (Å²) in [6, 6.07) is 6.08. The van der Waals surface area contributed by atoms with Crippen LogP contribution in [0.4, 0.5) is 11.4 Å². The fraction of sp³-hybridized carbons (Fsp3) is 0.500. The van der Waals surface area contributed by atoms with Crippen LogP contribution in [0.2, 0.25) is 0 Å². The second-order valence-electron chi connectivity index (χ2n) is 6.30. The number of carbonyl (C=O) groups excluding carboxylic acids is 1. The third-order valence-corrected chi connectivity index (χ3v) is 3.36. The van der Waals surface area contributed by atoms with Crippen molar-refractivity contribution in [2.45, 2.75) is 38.8 Å². The molecule has 0 spiro atoms. The van der Waals surface area contributed by atoms with Crippen molar-refractivity contribution in [2.75, 3.05) is 11.4 Å². The molecule has 0 radical (unpaired) electrons. The van der Waals surface area contributed by atoms with E-state index >= 15 is 0 Å². The Kier molecular flexibility index (Phi) is 3.29. The van der Waals surface area contributed by atoms with E-state index in [0.717, 1.165) is 0 Å². The zero-order valence-corrected chi connectivity index (χ0v) is 12.1. The fourth-order valence-corrected chi connectivity index (χ4v) is 2.71. The van der Waals surface area contributed by atoms with Gasteiger partial charge in [-0.15, -0.1) is 0 Å². The minimum atomic E-state index is -0.663. The van der Waals surface area contributed by atoms with Crippen LogP contribution in [0, 0.1) is 10.1 Å². The molecule has 1 aliphatic heterocycles. The number of hydrogen-bond donors (Lipinski definition) is 1. The highest BCUT2D eigenvalue weighted by Gasteiger charge is 2.43. The van der Waals surface area contributed by atoms with Crippen molar-refractivity contribution in [1.82, 2.24) is 5.32 Å². The van der Waals surface area contributed by atoms with Gasteiger partial charge in [-0.05, 0) is 39.8 Å². The monoisotopic (exact) mass is 277 g/mol. The van der Waals surface area contributed by atoms with Crippen LogP contribution >= 0.6 is 0 Å². The molecule has 1 saturated heterocycles. The zero-order valence-electron chi connectivity index (χ0n) is 12.1. The number of nitrogens with zero attached hydrogens (tertiary/aromatic N) is 2. The molecule has 2 rings (SSSR count). The summed E-state index contributed by atoms with van der Waals surface area (Å²) in [5.74, 6) is -0.0364. The molecule has 1 heterocycles. The van der Waals surface area contributed by atoms with Gasteiger partial charge in [-0.3, -0.25) is 20.2 Å². The van der Waals surface area contributed by atoms with Crippen LogP contribution in [0.25, 0.3) is 0 Å². The number of nitrogens with one attached hydrogen (secondary N) is 1. The summed E-state index contributed by atoms with van der Waals surface area (Å²) in [5, 5.41) is 14.0. The van der Waals surface area contributed by atoms with Gasteiger partial charge in [0.05, 0.1) is 10.5 Å². The number of rotatable bonds is 2. The summed E-state index contributed by atoms with van der Waals surface area (Å²) < 4.78 is 0. The third kappa shape index (κ3) is 2.65. The molecule has 0 saturated carbocycles. The summed E-state index contributed by atoms with van der Waals surface area (Å²) in [6.07, 6.45) is 0. The first-order valence-corrected chi connectivity index (χ1v) is 6.48. The van der Waals surface area contributed by atoms with E-state index in [4.69, 9.17) is 0 Å². The summed E-state index contributed by atoms with van der Waals surface area (Å²) in [4.78, 5) is 24.4. The molecule has 6 heteroatoms. The van der Waals surface area contributed by atoms with E-state index < -0.39 is 10.5 Å². The van der Waals surface area contributed by atoms with Gasteiger partial charge in [0, 0.05) is 29.9 Å². The molecular formula is C14H19N3O3. The van der Waals surface area contributed by atoms with E-state index in [1.54, 1.807) is 17.0 Å². The van der Waals surface area contributed by atoms with E-state index in [1.165, 1.54) is 12.1 Å². The Hall–Kier alpha value is -1.95. The van der Waals surface area contributed by atoms with E-state index in [-0.39, 0.29) is 17.1 Å². The smallest absolute Gasteiger partial charge is 0.269 e. The van der Waals surface area contributed by atoms with Crippen LogP contribution in [0.1, 0.15) is 27.7 Å². The number of amides is 1. The van der Waals surface area contributed by atoms with Crippen LogP contribution in [-0.4, -0.2) is 28.5 Å². The van der Waals surface area contributed by atoms with Crippen molar-refractivity contribution < 1.29 is 9.72 Å². The molecule has 108 valence electrons. The van der Waals surface area contributed by atoms with Gasteiger partial charge in [0.25, 0.3) is 5.69 Å². The van der Waals surface area contributed by atoms with Crippen LogP contribution in [-0.2, 0) is 4.79 Å². The van der Waals surface area contributed by atoms with Crippen LogP contribution in [0.3, 0.4) is 0 Å². The Balaban J connectivity index is 2.35. The highest BCUT2D eigenvalue weighted by Crippen LogP contribution is 2.28. The minimum Gasteiger partial charge on any atom is -0.309 e. The molecule has 20 heavy (non-hydrogen) atoms. The largest absolute Gasteiger partial charge is 0.309 e. The van der Waals surface area contributed by atoms with Crippen molar-refractivity contribution in [3.05, 3.63) is 34.4 Å². The number of nitro groups is 1. The number of hydrogen-bond acceptors (Lipinski definition) is 4. The molecule has 6 nitrogen and oxygen atoms in total. The Morgan fingerprint density at radius 2 is 1.75 bits per heavy atom. The van der Waals surface area contributed by atoms with E-state index in [9.17, 15) is 14.9 Å². The number of non-ortho nitro benzene ring substituents is 1. The Bertz CT molecular complexity index is 549. The molecule has 1 N–H and O–H groups in total. The van der Waals surface area contributed by atoms with Gasteiger partial charge in [-0.2, -0.15) is 0 Å². The lowest BCUT2D eigenvalue weighted by molar-refractivity contribution is -0.384. The normalized spacial score (nSPS) is 20.8. The number of nitro benzene ring substituents is 1. The zero-order chi connectivity index (χ0) is 15.1. The predicted octanol–water partition coefficient (Wildman–Crippen LogP) is 2.09. The first-order valence-electron chi connectivity index (χ1n) is 6.48. The van der Waals surface area contributed by atoms with Gasteiger partial charge in [0.2, 0.25) is 5.91 Å². The van der Waals surface area contributed by atoms with Crippen molar-refractivity contribution in [3.8, 4) is 0 Å². The SMILES string of the molecule is CC1(C)CN(c2ccc([N+](=O)[O-])cc2)C(=O)C(C)(C)N1. The molecule has 0 aromatic heterocycles. The van der Waals surface area contributed by atoms with Crippen molar-refractivity contribution >= 4 is 17.3 Å². The lowest BCUT2D eigenvalue weighted by Crippen LogP contribution is -2.70. The Morgan fingerprint density at radius 1 is 1.20 bits per heavy atom. The second-order valence-corrected chi connectivity index (χ2v) is 6.30.